The number of methoxy groups -OCH3 is 2. The van der Waals surface area contributed by atoms with Gasteiger partial charge < -0.3 is 15.2 Å². The van der Waals surface area contributed by atoms with E-state index in [0.29, 0.717) is 0 Å². The van der Waals surface area contributed by atoms with Crippen molar-refractivity contribution in [1.82, 2.24) is 0 Å². The van der Waals surface area contributed by atoms with Crippen LogP contribution in [0.15, 0.2) is 41.3 Å². The number of ether oxygens (including phenoxy) is 2. The Bertz CT molecular complexity index is 892. The van der Waals surface area contributed by atoms with E-state index in [0.717, 1.165) is 9.87 Å². The van der Waals surface area contributed by atoms with Gasteiger partial charge in [-0.15, -0.1) is 0 Å². The highest BCUT2D eigenvalue weighted by atomic mass is 32.2. The molecular formula is C17H20N2O5S. The van der Waals surface area contributed by atoms with Crippen LogP contribution in [0.3, 0.4) is 0 Å². The summed E-state index contributed by atoms with van der Waals surface area (Å²) in [6.07, 6.45) is 0. The van der Waals surface area contributed by atoms with Gasteiger partial charge in [0.25, 0.3) is 15.9 Å². The van der Waals surface area contributed by atoms with Crippen molar-refractivity contribution in [2.45, 2.75) is 11.8 Å². The number of sulfonamides is 1. The smallest absolute Gasteiger partial charge is 0.264 e. The second-order valence-corrected chi connectivity index (χ2v) is 7.34. The number of nitrogens with two attached hydrogens (primary N) is 1. The van der Waals surface area contributed by atoms with Gasteiger partial charge in [-0.25, -0.2) is 8.42 Å². The fourth-order valence-corrected chi connectivity index (χ4v) is 3.53. The fourth-order valence-electron chi connectivity index (χ4n) is 2.32. The summed E-state index contributed by atoms with van der Waals surface area (Å²) in [5.74, 6) is -0.212. The van der Waals surface area contributed by atoms with Gasteiger partial charge in [0.2, 0.25) is 0 Å². The predicted molar refractivity (Wildman–Crippen MR) is 94.8 cm³/mol. The van der Waals surface area contributed by atoms with Crippen molar-refractivity contribution < 1.29 is 22.7 Å². The Kier molecular flexibility index (Phi) is 5.22. The Balaban J connectivity index is 2.62. The molecule has 0 atom stereocenters. The van der Waals surface area contributed by atoms with Crippen molar-refractivity contribution >= 4 is 21.6 Å². The van der Waals surface area contributed by atoms with Crippen molar-refractivity contribution in [1.29, 1.82) is 0 Å². The maximum atomic E-state index is 12.9. The summed E-state index contributed by atoms with van der Waals surface area (Å²) >= 11 is 0. The molecule has 0 radical (unpaired) electrons. The number of hydrogen-bond acceptors (Lipinski definition) is 5. The quantitative estimate of drug-likeness (QED) is 0.844. The first kappa shape index (κ1) is 18.6. The molecule has 0 aliphatic rings. The van der Waals surface area contributed by atoms with Crippen molar-refractivity contribution in [2.24, 2.45) is 5.73 Å². The van der Waals surface area contributed by atoms with E-state index in [-0.39, 0.29) is 27.6 Å². The van der Waals surface area contributed by atoms with Gasteiger partial charge in [0.05, 0.1) is 30.4 Å². The first-order chi connectivity index (χ1) is 11.7. The summed E-state index contributed by atoms with van der Waals surface area (Å²) in [7, 11) is 0.298. The van der Waals surface area contributed by atoms with Crippen LogP contribution in [0.1, 0.15) is 15.9 Å². The maximum absolute atomic E-state index is 12.9. The second kappa shape index (κ2) is 7.02. The third-order valence-electron chi connectivity index (χ3n) is 3.79. The standard InChI is InChI=1S/C17H20N2O5S/c1-11-5-7-12(8-6-11)25(21,22)19(2)14-10-16(24-4)15(23-3)9-13(14)17(18)20/h5-10H,1-4H3,(H2,18,20). The molecule has 0 aromatic heterocycles. The van der Waals surface area contributed by atoms with Crippen LogP contribution in [-0.2, 0) is 10.0 Å². The summed E-state index contributed by atoms with van der Waals surface area (Å²) in [4.78, 5) is 11.9. The molecule has 2 N–H and O–H groups in total. The van der Waals surface area contributed by atoms with E-state index in [1.807, 2.05) is 6.92 Å². The second-order valence-electron chi connectivity index (χ2n) is 5.37. The molecule has 0 unspecified atom stereocenters. The zero-order valence-electron chi connectivity index (χ0n) is 14.4. The molecule has 0 saturated heterocycles. The molecule has 2 rings (SSSR count). The minimum absolute atomic E-state index is 0.0100. The Hall–Kier alpha value is -2.74. The number of amides is 1. The van der Waals surface area contributed by atoms with Gasteiger partial charge in [0.1, 0.15) is 0 Å². The van der Waals surface area contributed by atoms with Crippen molar-refractivity contribution in [3.8, 4) is 11.5 Å². The van der Waals surface area contributed by atoms with E-state index in [9.17, 15) is 13.2 Å². The summed E-state index contributed by atoms with van der Waals surface area (Å²) in [6, 6.07) is 9.18. The lowest BCUT2D eigenvalue weighted by Crippen LogP contribution is -2.29. The molecule has 1 amide bonds. The van der Waals surface area contributed by atoms with E-state index >= 15 is 0 Å². The van der Waals surface area contributed by atoms with Gasteiger partial charge in [-0.05, 0) is 25.1 Å². The molecule has 0 heterocycles. The van der Waals surface area contributed by atoms with E-state index in [1.54, 1.807) is 12.1 Å². The van der Waals surface area contributed by atoms with E-state index < -0.39 is 15.9 Å². The summed E-state index contributed by atoms with van der Waals surface area (Å²) < 4.78 is 37.1. The summed E-state index contributed by atoms with van der Waals surface area (Å²) in [5, 5.41) is 0. The lowest BCUT2D eigenvalue weighted by molar-refractivity contribution is 0.100. The highest BCUT2D eigenvalue weighted by Gasteiger charge is 2.26. The number of nitrogens with zero attached hydrogens (tertiary/aromatic N) is 1. The molecule has 0 bridgehead atoms. The fraction of sp³-hybridized carbons (Fsp3) is 0.235. The average Bonchev–Trinajstić information content (AvgIpc) is 2.60. The van der Waals surface area contributed by atoms with Gasteiger partial charge in [0.15, 0.2) is 11.5 Å². The minimum atomic E-state index is -3.88. The van der Waals surface area contributed by atoms with E-state index in [2.05, 4.69) is 0 Å². The lowest BCUT2D eigenvalue weighted by atomic mass is 10.1. The zero-order chi connectivity index (χ0) is 18.8. The molecule has 0 saturated carbocycles. The maximum Gasteiger partial charge on any atom is 0.264 e. The Morgan fingerprint density at radius 2 is 1.56 bits per heavy atom. The SMILES string of the molecule is COc1cc(C(N)=O)c(N(C)S(=O)(=O)c2ccc(C)cc2)cc1OC. The first-order valence-electron chi connectivity index (χ1n) is 7.33. The number of carbonyl (C=O) groups is 1. The number of primary amides is 1. The Morgan fingerprint density at radius 3 is 2.04 bits per heavy atom. The van der Waals surface area contributed by atoms with Crippen LogP contribution in [0, 0.1) is 6.92 Å². The van der Waals surface area contributed by atoms with Gasteiger partial charge in [-0.2, -0.15) is 0 Å². The monoisotopic (exact) mass is 364 g/mol. The highest BCUT2D eigenvalue weighted by molar-refractivity contribution is 7.92. The molecule has 0 aliphatic heterocycles. The molecule has 7 nitrogen and oxygen atoms in total. The lowest BCUT2D eigenvalue weighted by Gasteiger charge is -2.23. The van der Waals surface area contributed by atoms with Crippen LogP contribution < -0.4 is 19.5 Å². The van der Waals surface area contributed by atoms with Gasteiger partial charge in [-0.3, -0.25) is 9.10 Å². The molecule has 8 heteroatoms. The Morgan fingerprint density at radius 1 is 1.04 bits per heavy atom. The largest absolute Gasteiger partial charge is 0.493 e. The van der Waals surface area contributed by atoms with E-state index in [1.165, 1.54) is 45.5 Å². The summed E-state index contributed by atoms with van der Waals surface area (Å²) in [6.45, 7) is 1.86. The van der Waals surface area contributed by atoms with Gasteiger partial charge in [-0.1, -0.05) is 17.7 Å². The van der Waals surface area contributed by atoms with Crippen molar-refractivity contribution in [3.05, 3.63) is 47.5 Å². The highest BCUT2D eigenvalue weighted by Crippen LogP contribution is 2.36. The molecule has 0 aliphatic carbocycles. The van der Waals surface area contributed by atoms with Crippen LogP contribution >= 0.6 is 0 Å². The van der Waals surface area contributed by atoms with Crippen LogP contribution in [0.25, 0.3) is 0 Å². The minimum Gasteiger partial charge on any atom is -0.493 e. The van der Waals surface area contributed by atoms with E-state index in [4.69, 9.17) is 15.2 Å². The molecule has 134 valence electrons. The van der Waals surface area contributed by atoms with Crippen molar-refractivity contribution in [2.75, 3.05) is 25.6 Å². The molecule has 2 aromatic rings. The third kappa shape index (κ3) is 3.53. The molecule has 25 heavy (non-hydrogen) atoms. The first-order valence-corrected chi connectivity index (χ1v) is 8.77. The Labute approximate surface area is 147 Å². The number of benzene rings is 2. The van der Waals surface area contributed by atoms with Gasteiger partial charge >= 0.3 is 0 Å². The number of aryl methyl sites for hydroxylation is 1. The normalized spacial score (nSPS) is 11.0. The zero-order valence-corrected chi connectivity index (χ0v) is 15.3. The number of rotatable bonds is 6. The molecular weight excluding hydrogens is 344 g/mol. The summed E-state index contributed by atoms with van der Waals surface area (Å²) in [5.41, 5.74) is 6.46. The molecule has 0 fully saturated rings. The topological polar surface area (TPSA) is 98.9 Å². The van der Waals surface area contributed by atoms with Crippen molar-refractivity contribution in [3.63, 3.8) is 0 Å². The van der Waals surface area contributed by atoms with Gasteiger partial charge in [0, 0.05) is 13.1 Å². The van der Waals surface area contributed by atoms with Crippen LogP contribution in [0.5, 0.6) is 11.5 Å². The van der Waals surface area contributed by atoms with Crippen LogP contribution in [0.4, 0.5) is 5.69 Å². The predicted octanol–water partition coefficient (Wildman–Crippen LogP) is 1.94. The number of anilines is 1. The average molecular weight is 364 g/mol. The molecule has 0 spiro atoms. The number of carbonyl (C=O) groups excluding carboxylic acids is 1. The third-order valence-corrected chi connectivity index (χ3v) is 5.57. The molecule has 2 aromatic carbocycles. The van der Waals surface area contributed by atoms with Crippen LogP contribution in [-0.4, -0.2) is 35.6 Å². The van der Waals surface area contributed by atoms with Crippen LogP contribution in [0.2, 0.25) is 0 Å². The number of hydrogen-bond donors (Lipinski definition) is 1.